The molecule has 1 aliphatic carbocycles. The van der Waals surface area contributed by atoms with E-state index in [9.17, 15) is 4.79 Å². The Morgan fingerprint density at radius 1 is 1.50 bits per heavy atom. The molecule has 98 valence electrons. The maximum atomic E-state index is 10.9. The van der Waals surface area contributed by atoms with E-state index in [-0.39, 0.29) is 5.56 Å². The Morgan fingerprint density at radius 2 is 2.17 bits per heavy atom. The van der Waals surface area contributed by atoms with Gasteiger partial charge >= 0.3 is 5.97 Å². The molecule has 0 aromatic heterocycles. The highest BCUT2D eigenvalue weighted by atomic mass is 35.5. The molecule has 0 spiro atoms. The molecule has 0 unspecified atom stereocenters. The van der Waals surface area contributed by atoms with Gasteiger partial charge in [0.15, 0.2) is 0 Å². The lowest BCUT2D eigenvalue weighted by Gasteiger charge is -2.27. The zero-order valence-electron chi connectivity index (χ0n) is 10.7. The molecule has 1 aromatic rings. The van der Waals surface area contributed by atoms with E-state index in [0.717, 1.165) is 12.2 Å². The van der Waals surface area contributed by atoms with Gasteiger partial charge in [0, 0.05) is 12.6 Å². The molecule has 0 bridgehead atoms. The van der Waals surface area contributed by atoms with Crippen molar-refractivity contribution in [1.29, 1.82) is 0 Å². The zero-order chi connectivity index (χ0) is 13.3. The Hall–Kier alpha value is -1.22. The highest BCUT2D eigenvalue weighted by Gasteiger charge is 2.30. The minimum absolute atomic E-state index is 0.240. The van der Waals surface area contributed by atoms with Crippen LogP contribution in [0.3, 0.4) is 0 Å². The molecule has 0 heterocycles. The van der Waals surface area contributed by atoms with Crippen molar-refractivity contribution >= 4 is 23.3 Å². The number of carboxylic acid groups (broad SMARTS) is 1. The Labute approximate surface area is 112 Å². The number of hydrogen-bond donors (Lipinski definition) is 1. The van der Waals surface area contributed by atoms with Crippen molar-refractivity contribution in [3.05, 3.63) is 28.8 Å². The van der Waals surface area contributed by atoms with E-state index in [2.05, 4.69) is 18.7 Å². The van der Waals surface area contributed by atoms with Crippen LogP contribution in [0.1, 0.15) is 37.0 Å². The fourth-order valence-corrected chi connectivity index (χ4v) is 2.39. The van der Waals surface area contributed by atoms with Gasteiger partial charge in [-0.05, 0) is 37.0 Å². The van der Waals surface area contributed by atoms with Crippen LogP contribution in [0.25, 0.3) is 0 Å². The number of anilines is 1. The van der Waals surface area contributed by atoms with Crippen LogP contribution in [0.4, 0.5) is 5.69 Å². The quantitative estimate of drug-likeness (QED) is 0.885. The number of rotatable bonds is 5. The first-order chi connectivity index (χ1) is 8.49. The number of aromatic carboxylic acids is 1. The van der Waals surface area contributed by atoms with E-state index in [1.807, 2.05) is 6.07 Å². The second-order valence-electron chi connectivity index (χ2n) is 5.25. The zero-order valence-corrected chi connectivity index (χ0v) is 11.4. The smallest absolute Gasteiger partial charge is 0.335 e. The van der Waals surface area contributed by atoms with Crippen molar-refractivity contribution in [2.24, 2.45) is 5.92 Å². The Balaban J connectivity index is 2.27. The average Bonchev–Trinajstić information content (AvgIpc) is 3.09. The maximum absolute atomic E-state index is 10.9. The molecule has 0 atom stereocenters. The van der Waals surface area contributed by atoms with E-state index in [1.54, 1.807) is 6.07 Å². The molecular formula is C14H18ClNO2. The number of carboxylic acids is 1. The molecule has 0 aliphatic heterocycles. The third-order valence-electron chi connectivity index (χ3n) is 3.05. The largest absolute Gasteiger partial charge is 0.478 e. The average molecular weight is 268 g/mol. The number of hydrogen-bond acceptors (Lipinski definition) is 2. The van der Waals surface area contributed by atoms with Gasteiger partial charge in [0.2, 0.25) is 0 Å². The summed E-state index contributed by atoms with van der Waals surface area (Å²) in [6.45, 7) is 5.31. The van der Waals surface area contributed by atoms with E-state index in [1.165, 1.54) is 18.9 Å². The highest BCUT2D eigenvalue weighted by Crippen LogP contribution is 2.36. The second kappa shape index (κ2) is 5.19. The first-order valence-corrected chi connectivity index (χ1v) is 6.66. The van der Waals surface area contributed by atoms with Gasteiger partial charge in [0.25, 0.3) is 0 Å². The maximum Gasteiger partial charge on any atom is 0.335 e. The normalized spacial score (nSPS) is 14.9. The Morgan fingerprint density at radius 3 is 2.61 bits per heavy atom. The van der Waals surface area contributed by atoms with Crippen LogP contribution in [-0.2, 0) is 0 Å². The predicted octanol–water partition coefficient (Wildman–Crippen LogP) is 3.66. The summed E-state index contributed by atoms with van der Waals surface area (Å²) in [6, 6.07) is 5.56. The van der Waals surface area contributed by atoms with Crippen LogP contribution in [0.2, 0.25) is 5.02 Å². The summed E-state index contributed by atoms with van der Waals surface area (Å²) in [5.74, 6) is -0.383. The van der Waals surface area contributed by atoms with Gasteiger partial charge in [-0.2, -0.15) is 0 Å². The molecule has 1 aromatic carbocycles. The van der Waals surface area contributed by atoms with Crippen LogP contribution >= 0.6 is 11.6 Å². The lowest BCUT2D eigenvalue weighted by molar-refractivity contribution is 0.0697. The molecule has 18 heavy (non-hydrogen) atoms. The molecule has 0 saturated heterocycles. The predicted molar refractivity (Wildman–Crippen MR) is 73.6 cm³/mol. The Bertz CT molecular complexity index is 455. The summed E-state index contributed by atoms with van der Waals surface area (Å²) < 4.78 is 0. The standard InChI is InChI=1S/C14H18ClNO2/c1-9(2)8-16(11-4-5-11)13-6-3-10(14(17)18)7-12(13)15/h3,6-7,9,11H,4-5,8H2,1-2H3,(H,17,18). The molecular weight excluding hydrogens is 250 g/mol. The van der Waals surface area contributed by atoms with Crippen LogP contribution in [-0.4, -0.2) is 23.7 Å². The number of benzene rings is 1. The summed E-state index contributed by atoms with van der Waals surface area (Å²) in [5, 5.41) is 9.46. The minimum Gasteiger partial charge on any atom is -0.478 e. The lowest BCUT2D eigenvalue weighted by atomic mass is 10.1. The van der Waals surface area contributed by atoms with E-state index in [0.29, 0.717) is 17.0 Å². The monoisotopic (exact) mass is 267 g/mol. The van der Waals surface area contributed by atoms with Crippen molar-refractivity contribution in [1.82, 2.24) is 0 Å². The van der Waals surface area contributed by atoms with Crippen molar-refractivity contribution in [2.75, 3.05) is 11.4 Å². The molecule has 3 nitrogen and oxygen atoms in total. The molecule has 1 saturated carbocycles. The van der Waals surface area contributed by atoms with Crippen molar-refractivity contribution in [3.63, 3.8) is 0 Å². The van der Waals surface area contributed by atoms with Gasteiger partial charge in [0.05, 0.1) is 16.3 Å². The molecule has 1 aliphatic rings. The third kappa shape index (κ3) is 2.96. The van der Waals surface area contributed by atoms with Gasteiger partial charge in [0.1, 0.15) is 0 Å². The van der Waals surface area contributed by atoms with Crippen molar-refractivity contribution in [3.8, 4) is 0 Å². The Kier molecular flexibility index (Phi) is 3.81. The molecule has 1 fully saturated rings. The van der Waals surface area contributed by atoms with E-state index >= 15 is 0 Å². The van der Waals surface area contributed by atoms with Gasteiger partial charge < -0.3 is 10.0 Å². The van der Waals surface area contributed by atoms with Gasteiger partial charge in [-0.3, -0.25) is 0 Å². The second-order valence-corrected chi connectivity index (χ2v) is 5.66. The fourth-order valence-electron chi connectivity index (χ4n) is 2.10. The molecule has 4 heteroatoms. The number of halogens is 1. The van der Waals surface area contributed by atoms with Crippen LogP contribution in [0.5, 0.6) is 0 Å². The van der Waals surface area contributed by atoms with Crippen LogP contribution in [0, 0.1) is 5.92 Å². The number of carbonyl (C=O) groups is 1. The summed E-state index contributed by atoms with van der Waals surface area (Å²) in [5.41, 5.74) is 1.20. The highest BCUT2D eigenvalue weighted by molar-refractivity contribution is 6.33. The first-order valence-electron chi connectivity index (χ1n) is 6.28. The summed E-state index contributed by atoms with van der Waals surface area (Å²) in [7, 11) is 0. The summed E-state index contributed by atoms with van der Waals surface area (Å²) in [6.07, 6.45) is 2.40. The van der Waals surface area contributed by atoms with Gasteiger partial charge in [-0.1, -0.05) is 25.4 Å². The third-order valence-corrected chi connectivity index (χ3v) is 3.36. The first kappa shape index (κ1) is 13.2. The van der Waals surface area contributed by atoms with Gasteiger partial charge in [-0.15, -0.1) is 0 Å². The fraction of sp³-hybridized carbons (Fsp3) is 0.500. The minimum atomic E-state index is -0.940. The van der Waals surface area contributed by atoms with E-state index < -0.39 is 5.97 Å². The van der Waals surface area contributed by atoms with Crippen molar-refractivity contribution in [2.45, 2.75) is 32.7 Å². The summed E-state index contributed by atoms with van der Waals surface area (Å²) in [4.78, 5) is 13.2. The van der Waals surface area contributed by atoms with Crippen molar-refractivity contribution < 1.29 is 9.90 Å². The van der Waals surface area contributed by atoms with E-state index in [4.69, 9.17) is 16.7 Å². The molecule has 0 radical (unpaired) electrons. The number of nitrogens with zero attached hydrogens (tertiary/aromatic N) is 1. The summed E-state index contributed by atoms with van der Waals surface area (Å²) >= 11 is 6.22. The van der Waals surface area contributed by atoms with Crippen LogP contribution in [0.15, 0.2) is 18.2 Å². The molecule has 0 amide bonds. The SMILES string of the molecule is CC(C)CN(c1ccc(C(=O)O)cc1Cl)C1CC1. The van der Waals surface area contributed by atoms with Gasteiger partial charge in [-0.25, -0.2) is 4.79 Å². The molecule has 2 rings (SSSR count). The lowest BCUT2D eigenvalue weighted by Crippen LogP contribution is -2.30. The topological polar surface area (TPSA) is 40.5 Å². The molecule has 1 N–H and O–H groups in total. The van der Waals surface area contributed by atoms with Crippen LogP contribution < -0.4 is 4.90 Å².